The third kappa shape index (κ3) is 6.78. The Kier molecular flexibility index (Phi) is 10.5. The van der Waals surface area contributed by atoms with Gasteiger partial charge in [0.15, 0.2) is 0 Å². The Morgan fingerprint density at radius 1 is 1.18 bits per heavy atom. The molecule has 1 atom stereocenters. The zero-order valence-corrected chi connectivity index (χ0v) is 21.3. The molecule has 180 valence electrons. The molecule has 3 heterocycles. The molecule has 0 saturated carbocycles. The summed E-state index contributed by atoms with van der Waals surface area (Å²) in [4.78, 5) is 13.9. The predicted molar refractivity (Wildman–Crippen MR) is 144 cm³/mol. The van der Waals surface area contributed by atoms with E-state index in [0.29, 0.717) is 0 Å². The van der Waals surface area contributed by atoms with E-state index >= 15 is 0 Å². The monoisotopic (exact) mass is 458 g/mol. The lowest BCUT2D eigenvalue weighted by Gasteiger charge is -2.23. The first-order chi connectivity index (χ1) is 16.4. The molecule has 1 unspecified atom stereocenters. The molecule has 5 nitrogen and oxygen atoms in total. The van der Waals surface area contributed by atoms with Gasteiger partial charge in [0, 0.05) is 84.3 Å². The van der Waals surface area contributed by atoms with Crippen LogP contribution in [0.5, 0.6) is 0 Å². The van der Waals surface area contributed by atoms with E-state index in [1.165, 1.54) is 6.42 Å². The summed E-state index contributed by atoms with van der Waals surface area (Å²) in [7, 11) is 3.87. The molecule has 0 aromatic carbocycles. The van der Waals surface area contributed by atoms with E-state index in [0.717, 1.165) is 51.2 Å². The first-order valence-electron chi connectivity index (χ1n) is 11.8. The van der Waals surface area contributed by atoms with Gasteiger partial charge < -0.3 is 15.0 Å². The Morgan fingerprint density at radius 2 is 1.91 bits per heavy atom. The molecule has 0 bridgehead atoms. The Labute approximate surface area is 204 Å². The van der Waals surface area contributed by atoms with Gasteiger partial charge in [0.2, 0.25) is 0 Å². The molecule has 0 amide bonds. The minimum absolute atomic E-state index is 0.742. The highest BCUT2D eigenvalue weighted by atomic mass is 16.3. The number of H-pyrrole nitrogens is 1. The van der Waals surface area contributed by atoms with Crippen LogP contribution >= 0.6 is 0 Å². The molecular weight excluding hydrogens is 420 g/mol. The minimum Gasteiger partial charge on any atom is -0.382 e. The van der Waals surface area contributed by atoms with Gasteiger partial charge in [0.25, 0.3) is 0 Å². The highest BCUT2D eigenvalue weighted by Crippen LogP contribution is 2.31. The SMILES string of the molecule is C=C/C(=C\c1c(-c2cccnc2)c[nH]c1C)c1cncc(C(O)/C(=C\CC)N(C)C)c1.CCC. The Balaban J connectivity index is 0.00000129. The molecule has 0 aliphatic rings. The second-order valence-corrected chi connectivity index (χ2v) is 8.33. The van der Waals surface area contributed by atoms with Gasteiger partial charge in [-0.25, -0.2) is 0 Å². The van der Waals surface area contributed by atoms with Crippen molar-refractivity contribution in [2.24, 2.45) is 0 Å². The Bertz CT molecular complexity index is 1110. The van der Waals surface area contributed by atoms with Gasteiger partial charge in [-0.1, -0.05) is 52.0 Å². The first kappa shape index (κ1) is 26.8. The maximum Gasteiger partial charge on any atom is 0.120 e. The molecule has 2 N–H and O–H groups in total. The topological polar surface area (TPSA) is 65.0 Å². The van der Waals surface area contributed by atoms with Crippen LogP contribution in [0.25, 0.3) is 22.8 Å². The smallest absolute Gasteiger partial charge is 0.120 e. The van der Waals surface area contributed by atoms with Gasteiger partial charge in [0.1, 0.15) is 6.10 Å². The number of hydrogen-bond donors (Lipinski definition) is 2. The van der Waals surface area contributed by atoms with Gasteiger partial charge in [-0.05, 0) is 37.1 Å². The number of nitrogens with one attached hydrogen (secondary N) is 1. The number of aryl methyl sites for hydroxylation is 1. The van der Waals surface area contributed by atoms with E-state index in [2.05, 4.69) is 48.4 Å². The molecule has 0 aliphatic heterocycles. The van der Waals surface area contributed by atoms with Gasteiger partial charge in [0.05, 0.1) is 0 Å². The van der Waals surface area contributed by atoms with Crippen LogP contribution in [0.2, 0.25) is 0 Å². The van der Waals surface area contributed by atoms with E-state index in [-0.39, 0.29) is 0 Å². The molecule has 0 aliphatic carbocycles. The number of rotatable bonds is 8. The summed E-state index contributed by atoms with van der Waals surface area (Å²) in [5, 5.41) is 10.9. The summed E-state index contributed by atoms with van der Waals surface area (Å²) in [6, 6.07) is 5.95. The van der Waals surface area contributed by atoms with Crippen molar-refractivity contribution in [2.75, 3.05) is 14.1 Å². The number of aromatic amines is 1. The van der Waals surface area contributed by atoms with Crippen molar-refractivity contribution in [3.8, 4) is 11.1 Å². The summed E-state index contributed by atoms with van der Waals surface area (Å²) in [5.41, 5.74) is 7.69. The highest BCUT2D eigenvalue weighted by Gasteiger charge is 2.17. The molecule has 34 heavy (non-hydrogen) atoms. The summed E-state index contributed by atoms with van der Waals surface area (Å²) in [6.45, 7) is 12.4. The van der Waals surface area contributed by atoms with Crippen molar-refractivity contribution in [1.29, 1.82) is 0 Å². The van der Waals surface area contributed by atoms with Crippen molar-refractivity contribution < 1.29 is 5.11 Å². The van der Waals surface area contributed by atoms with E-state index in [1.807, 2.05) is 68.7 Å². The van der Waals surface area contributed by atoms with Crippen molar-refractivity contribution in [2.45, 2.75) is 46.6 Å². The first-order valence-corrected chi connectivity index (χ1v) is 11.8. The molecule has 3 aromatic rings. The molecule has 0 saturated heterocycles. The van der Waals surface area contributed by atoms with Crippen molar-refractivity contribution in [3.05, 3.63) is 96.0 Å². The lowest BCUT2D eigenvalue weighted by Crippen LogP contribution is -2.18. The third-order valence-electron chi connectivity index (χ3n) is 5.24. The average Bonchev–Trinajstić information content (AvgIpc) is 3.21. The third-order valence-corrected chi connectivity index (χ3v) is 5.24. The molecule has 0 radical (unpaired) electrons. The standard InChI is InChI=1S/C26H30N4O.C3H8/c1-6-9-25(30(4)5)26(31)22-12-21(15-28-16-22)19(7-2)13-23-18(3)29-17-24(23)20-10-8-11-27-14-20;1-3-2/h7-17,26,29,31H,2,6H2,1,3-5H3;3H2,1-2H3/b19-13+,25-9+;. The average molecular weight is 459 g/mol. The number of nitrogens with zero attached hydrogens (tertiary/aromatic N) is 3. The largest absolute Gasteiger partial charge is 0.382 e. The second-order valence-electron chi connectivity index (χ2n) is 8.33. The molecular formula is C29H38N4O. The lowest BCUT2D eigenvalue weighted by molar-refractivity contribution is 0.182. The highest BCUT2D eigenvalue weighted by molar-refractivity contribution is 5.91. The van der Waals surface area contributed by atoms with Crippen molar-refractivity contribution in [3.63, 3.8) is 0 Å². The maximum absolute atomic E-state index is 10.9. The number of likely N-dealkylation sites (N-methyl/N-ethyl adjacent to an activating group) is 1. The van der Waals surface area contributed by atoms with Gasteiger partial charge in [-0.2, -0.15) is 0 Å². The van der Waals surface area contributed by atoms with E-state index in [9.17, 15) is 5.11 Å². The fraction of sp³-hybridized carbons (Fsp3) is 0.310. The van der Waals surface area contributed by atoms with Crippen LogP contribution in [0, 0.1) is 6.92 Å². The zero-order valence-electron chi connectivity index (χ0n) is 21.3. The summed E-state index contributed by atoms with van der Waals surface area (Å²) in [6.07, 6.45) is 16.4. The second kappa shape index (κ2) is 13.3. The number of allylic oxidation sites excluding steroid dienone is 3. The van der Waals surface area contributed by atoms with Crippen molar-refractivity contribution >= 4 is 11.6 Å². The Morgan fingerprint density at radius 3 is 2.50 bits per heavy atom. The van der Waals surface area contributed by atoms with Crippen LogP contribution in [0.15, 0.2) is 73.6 Å². The normalized spacial score (nSPS) is 12.6. The van der Waals surface area contributed by atoms with E-state index in [1.54, 1.807) is 18.6 Å². The van der Waals surface area contributed by atoms with Gasteiger partial charge in [-0.3, -0.25) is 9.97 Å². The quantitative estimate of drug-likeness (QED) is 0.364. The van der Waals surface area contributed by atoms with Crippen molar-refractivity contribution in [1.82, 2.24) is 19.9 Å². The summed E-state index contributed by atoms with van der Waals surface area (Å²) >= 11 is 0. The number of aliphatic hydroxyl groups is 1. The number of hydrogen-bond acceptors (Lipinski definition) is 4. The van der Waals surface area contributed by atoms with Crippen LogP contribution in [-0.2, 0) is 0 Å². The van der Waals surface area contributed by atoms with Crippen LogP contribution in [-0.4, -0.2) is 39.1 Å². The zero-order chi connectivity index (χ0) is 25.1. The fourth-order valence-corrected chi connectivity index (χ4v) is 3.58. The van der Waals surface area contributed by atoms with Crippen LogP contribution in [0.3, 0.4) is 0 Å². The molecule has 3 aromatic heterocycles. The summed E-state index contributed by atoms with van der Waals surface area (Å²) < 4.78 is 0. The molecule has 0 fully saturated rings. The Hall–Kier alpha value is -3.44. The molecule has 5 heteroatoms. The number of aliphatic hydroxyl groups excluding tert-OH is 1. The van der Waals surface area contributed by atoms with E-state index in [4.69, 9.17) is 0 Å². The van der Waals surface area contributed by atoms with Crippen LogP contribution in [0.1, 0.15) is 62.1 Å². The van der Waals surface area contributed by atoms with E-state index < -0.39 is 6.10 Å². The van der Waals surface area contributed by atoms with Gasteiger partial charge >= 0.3 is 0 Å². The minimum atomic E-state index is -0.742. The number of aromatic nitrogens is 3. The van der Waals surface area contributed by atoms with Crippen LogP contribution < -0.4 is 0 Å². The van der Waals surface area contributed by atoms with Gasteiger partial charge in [-0.15, -0.1) is 0 Å². The maximum atomic E-state index is 10.9. The summed E-state index contributed by atoms with van der Waals surface area (Å²) in [5.74, 6) is 0. The fourth-order valence-electron chi connectivity index (χ4n) is 3.58. The lowest BCUT2D eigenvalue weighted by atomic mass is 9.97. The molecule has 3 rings (SSSR count). The molecule has 0 spiro atoms. The number of pyridine rings is 2. The van der Waals surface area contributed by atoms with Crippen LogP contribution in [0.4, 0.5) is 0 Å². The predicted octanol–water partition coefficient (Wildman–Crippen LogP) is 6.81.